The predicted molar refractivity (Wildman–Crippen MR) is 70.5 cm³/mol. The molecule has 0 bridgehead atoms. The Balaban J connectivity index is 3.50. The third-order valence-corrected chi connectivity index (χ3v) is 3.23. The van der Waals surface area contributed by atoms with Crippen LogP contribution < -0.4 is 5.48 Å². The zero-order valence-electron chi connectivity index (χ0n) is 11.2. The van der Waals surface area contributed by atoms with Crippen LogP contribution in [0, 0.1) is 0 Å². The Morgan fingerprint density at radius 3 is 2.76 bits per heavy atom. The molecule has 0 aliphatic heterocycles. The van der Waals surface area contributed by atoms with Crippen molar-refractivity contribution in [2.45, 2.75) is 46.1 Å². The Kier molecular flexibility index (Phi) is 10.6. The van der Waals surface area contributed by atoms with Crippen LogP contribution in [0.25, 0.3) is 0 Å². The van der Waals surface area contributed by atoms with Gasteiger partial charge in [-0.1, -0.05) is 32.0 Å². The number of carbonyl (C=O) groups is 1. The fraction of sp³-hybridized carbons (Fsp3) is 0.909. The molecule has 0 aromatic rings. The molecule has 0 aromatic carbocycles. The third-order valence-electron chi connectivity index (χ3n) is 2.18. The van der Waals surface area contributed by atoms with Crippen LogP contribution in [-0.2, 0) is 9.88 Å². The Morgan fingerprint density at radius 1 is 1.47 bits per heavy atom. The number of amides is 1. The smallest absolute Gasteiger partial charge is 0.282 e. The highest BCUT2D eigenvalue weighted by Gasteiger charge is 2.08. The summed E-state index contributed by atoms with van der Waals surface area (Å²) < 4.78 is 0. The summed E-state index contributed by atoms with van der Waals surface area (Å²) >= 11 is 1.33. The molecule has 6 heteroatoms. The summed E-state index contributed by atoms with van der Waals surface area (Å²) in [5, 5.41) is 0.0399. The van der Waals surface area contributed by atoms with E-state index in [1.807, 2.05) is 13.8 Å². The second kappa shape index (κ2) is 10.8. The highest BCUT2D eigenvalue weighted by molar-refractivity contribution is 8.13. The first-order valence-corrected chi connectivity index (χ1v) is 7.03. The predicted octanol–water partition coefficient (Wildman–Crippen LogP) is 2.78. The summed E-state index contributed by atoms with van der Waals surface area (Å²) in [6.07, 6.45) is 3.09. The standard InChI is InChI=1S/C11H24N2O3S/c1-5-7-8-17-11(14)13(4)9-12-16-15-10(3)6-2/h10,12H,5-9H2,1-4H3. The van der Waals surface area contributed by atoms with Gasteiger partial charge in [-0.3, -0.25) is 4.79 Å². The van der Waals surface area contributed by atoms with Gasteiger partial charge in [0.25, 0.3) is 5.24 Å². The van der Waals surface area contributed by atoms with E-state index in [2.05, 4.69) is 12.4 Å². The molecule has 0 fully saturated rings. The Bertz CT molecular complexity index is 205. The van der Waals surface area contributed by atoms with Gasteiger partial charge in [-0.15, -0.1) is 10.5 Å². The normalized spacial score (nSPS) is 12.5. The molecule has 1 atom stereocenters. The van der Waals surface area contributed by atoms with Gasteiger partial charge < -0.3 is 4.90 Å². The lowest BCUT2D eigenvalue weighted by Crippen LogP contribution is -2.34. The number of rotatable bonds is 9. The highest BCUT2D eigenvalue weighted by atomic mass is 32.2. The van der Waals surface area contributed by atoms with Crippen LogP contribution in [0.2, 0.25) is 0 Å². The minimum absolute atomic E-state index is 0.0399. The molecule has 1 unspecified atom stereocenters. The van der Waals surface area contributed by atoms with Crippen molar-refractivity contribution in [1.29, 1.82) is 0 Å². The fourth-order valence-corrected chi connectivity index (χ4v) is 1.68. The van der Waals surface area contributed by atoms with E-state index in [-0.39, 0.29) is 11.3 Å². The number of hydroxylamine groups is 1. The van der Waals surface area contributed by atoms with E-state index in [9.17, 15) is 4.79 Å². The third kappa shape index (κ3) is 9.41. The van der Waals surface area contributed by atoms with Crippen molar-refractivity contribution in [2.75, 3.05) is 19.5 Å². The molecular formula is C11H24N2O3S. The first kappa shape index (κ1) is 16.7. The zero-order valence-corrected chi connectivity index (χ0v) is 12.0. The number of thioether (sulfide) groups is 1. The number of hydrogen-bond donors (Lipinski definition) is 1. The molecule has 5 nitrogen and oxygen atoms in total. The maximum Gasteiger partial charge on any atom is 0.282 e. The summed E-state index contributed by atoms with van der Waals surface area (Å²) in [6.45, 7) is 6.34. The molecular weight excluding hydrogens is 240 g/mol. The van der Waals surface area contributed by atoms with Gasteiger partial charge in [0.15, 0.2) is 0 Å². The number of hydrogen-bond acceptors (Lipinski definition) is 5. The number of nitrogens with one attached hydrogen (secondary N) is 1. The molecule has 1 N–H and O–H groups in total. The summed E-state index contributed by atoms with van der Waals surface area (Å²) in [6, 6.07) is 0. The van der Waals surface area contributed by atoms with Crippen LogP contribution in [0.1, 0.15) is 40.0 Å². The number of nitrogens with zero attached hydrogens (tertiary/aromatic N) is 1. The van der Waals surface area contributed by atoms with E-state index in [0.29, 0.717) is 6.67 Å². The Labute approximate surface area is 108 Å². The van der Waals surface area contributed by atoms with Crippen molar-refractivity contribution in [2.24, 2.45) is 0 Å². The molecule has 0 rings (SSSR count). The Morgan fingerprint density at radius 2 is 2.18 bits per heavy atom. The van der Waals surface area contributed by atoms with Crippen molar-refractivity contribution in [3.05, 3.63) is 0 Å². The second-order valence-corrected chi connectivity index (χ2v) is 4.91. The van der Waals surface area contributed by atoms with Gasteiger partial charge in [-0.05, 0) is 19.8 Å². The van der Waals surface area contributed by atoms with E-state index in [1.165, 1.54) is 11.8 Å². The van der Waals surface area contributed by atoms with Crippen molar-refractivity contribution in [3.63, 3.8) is 0 Å². The second-order valence-electron chi connectivity index (χ2n) is 3.87. The summed E-state index contributed by atoms with van der Waals surface area (Å²) in [5.74, 6) is 0.865. The number of unbranched alkanes of at least 4 members (excludes halogenated alkanes) is 1. The van der Waals surface area contributed by atoms with Crippen LogP contribution in [0.4, 0.5) is 4.79 Å². The van der Waals surface area contributed by atoms with Gasteiger partial charge in [-0.25, -0.2) is 4.89 Å². The average molecular weight is 264 g/mol. The van der Waals surface area contributed by atoms with E-state index in [0.717, 1.165) is 25.0 Å². The summed E-state index contributed by atoms with van der Waals surface area (Å²) in [4.78, 5) is 22.9. The average Bonchev–Trinajstić information content (AvgIpc) is 2.34. The Hall–Kier alpha value is -0.300. The molecule has 1 amide bonds. The molecule has 102 valence electrons. The van der Waals surface area contributed by atoms with Crippen LogP contribution in [0.3, 0.4) is 0 Å². The summed E-state index contributed by atoms with van der Waals surface area (Å²) in [5.41, 5.74) is 2.59. The van der Waals surface area contributed by atoms with E-state index in [4.69, 9.17) is 9.88 Å². The molecule has 0 radical (unpaired) electrons. The minimum atomic E-state index is 0.0399. The van der Waals surface area contributed by atoms with Crippen molar-refractivity contribution in [3.8, 4) is 0 Å². The van der Waals surface area contributed by atoms with Crippen molar-refractivity contribution in [1.82, 2.24) is 10.4 Å². The van der Waals surface area contributed by atoms with Gasteiger partial charge in [0.05, 0.1) is 12.8 Å². The van der Waals surface area contributed by atoms with Crippen LogP contribution in [0.5, 0.6) is 0 Å². The molecule has 0 saturated heterocycles. The molecule has 0 heterocycles. The van der Waals surface area contributed by atoms with E-state index < -0.39 is 0 Å². The van der Waals surface area contributed by atoms with Gasteiger partial charge in [-0.2, -0.15) is 0 Å². The molecule has 17 heavy (non-hydrogen) atoms. The van der Waals surface area contributed by atoms with Gasteiger partial charge >= 0.3 is 0 Å². The van der Waals surface area contributed by atoms with Crippen molar-refractivity contribution < 1.29 is 14.7 Å². The zero-order chi connectivity index (χ0) is 13.1. The SMILES string of the molecule is CCCCSC(=O)N(C)CNOOC(C)CC. The lowest BCUT2D eigenvalue weighted by Gasteiger charge is -2.17. The quantitative estimate of drug-likeness (QED) is 0.300. The van der Waals surface area contributed by atoms with Crippen LogP contribution in [-0.4, -0.2) is 35.7 Å². The van der Waals surface area contributed by atoms with E-state index in [1.54, 1.807) is 11.9 Å². The van der Waals surface area contributed by atoms with Crippen LogP contribution in [0.15, 0.2) is 0 Å². The largest absolute Gasteiger partial charge is 0.322 e. The highest BCUT2D eigenvalue weighted by Crippen LogP contribution is 2.09. The maximum atomic E-state index is 11.6. The first-order chi connectivity index (χ1) is 8.11. The van der Waals surface area contributed by atoms with Gasteiger partial charge in [0.2, 0.25) is 0 Å². The van der Waals surface area contributed by atoms with Crippen LogP contribution >= 0.6 is 11.8 Å². The van der Waals surface area contributed by atoms with Crippen molar-refractivity contribution >= 4 is 17.0 Å². The lowest BCUT2D eigenvalue weighted by molar-refractivity contribution is -0.361. The molecule has 0 aliphatic carbocycles. The summed E-state index contributed by atoms with van der Waals surface area (Å²) in [7, 11) is 1.72. The monoisotopic (exact) mass is 264 g/mol. The van der Waals surface area contributed by atoms with E-state index >= 15 is 0 Å². The maximum absolute atomic E-state index is 11.6. The molecule has 0 spiro atoms. The first-order valence-electron chi connectivity index (χ1n) is 6.04. The molecule has 0 aliphatic rings. The number of carbonyl (C=O) groups excluding carboxylic acids is 1. The van der Waals surface area contributed by atoms with Gasteiger partial charge in [0.1, 0.15) is 0 Å². The topological polar surface area (TPSA) is 50.8 Å². The minimum Gasteiger partial charge on any atom is -0.322 e. The fourth-order valence-electron chi connectivity index (χ4n) is 0.786. The lowest BCUT2D eigenvalue weighted by atomic mass is 10.3. The molecule has 0 saturated carbocycles. The van der Waals surface area contributed by atoms with Gasteiger partial charge in [0, 0.05) is 12.8 Å². The molecule has 0 aromatic heterocycles.